The normalized spacial score (nSPS) is 10.4. The van der Waals surface area contributed by atoms with Crippen molar-refractivity contribution in [2.24, 2.45) is 0 Å². The van der Waals surface area contributed by atoms with E-state index in [1.807, 2.05) is 24.3 Å². The zero-order valence-corrected chi connectivity index (χ0v) is 15.4. The van der Waals surface area contributed by atoms with Crippen LogP contribution in [0.15, 0.2) is 42.5 Å². The van der Waals surface area contributed by atoms with Gasteiger partial charge in [0.2, 0.25) is 0 Å². The number of hydrogen-bond donors (Lipinski definition) is 3. The Bertz CT molecular complexity index is 702. The Balaban J connectivity index is 2.02. The van der Waals surface area contributed by atoms with Crippen molar-refractivity contribution in [3.63, 3.8) is 0 Å². The quantitative estimate of drug-likeness (QED) is 0.455. The summed E-state index contributed by atoms with van der Waals surface area (Å²) in [5.74, 6) is 1.36. The molecule has 0 heterocycles. The molecule has 6 heteroatoms. The average Bonchev–Trinajstić information content (AvgIpc) is 2.63. The van der Waals surface area contributed by atoms with E-state index >= 15 is 0 Å². The van der Waals surface area contributed by atoms with Gasteiger partial charge >= 0.3 is 6.03 Å². The third kappa shape index (κ3) is 6.29. The lowest BCUT2D eigenvalue weighted by molar-refractivity contribution is 0.182. The summed E-state index contributed by atoms with van der Waals surface area (Å²) in [4.78, 5) is 12.0. The molecule has 0 unspecified atom stereocenters. The number of benzene rings is 2. The summed E-state index contributed by atoms with van der Waals surface area (Å²) in [5, 5.41) is 5.69. The smallest absolute Gasteiger partial charge is 0.319 e. The van der Waals surface area contributed by atoms with E-state index in [-0.39, 0.29) is 6.03 Å². The first kappa shape index (κ1) is 19.6. The van der Waals surface area contributed by atoms with Gasteiger partial charge in [0.15, 0.2) is 0 Å². The van der Waals surface area contributed by atoms with Crippen LogP contribution in [0.3, 0.4) is 0 Å². The Labute approximate surface area is 154 Å². The number of ether oxygens (including phenoxy) is 2. The molecule has 0 aliphatic heterocycles. The molecule has 0 aliphatic carbocycles. The van der Waals surface area contributed by atoms with E-state index in [4.69, 9.17) is 15.2 Å². The monoisotopic (exact) mass is 357 g/mol. The number of amides is 2. The highest BCUT2D eigenvalue weighted by Crippen LogP contribution is 2.29. The highest BCUT2D eigenvalue weighted by molar-refractivity contribution is 5.89. The van der Waals surface area contributed by atoms with Crippen LogP contribution in [-0.4, -0.2) is 19.7 Å². The van der Waals surface area contributed by atoms with Crippen molar-refractivity contribution in [3.8, 4) is 11.5 Å². The van der Waals surface area contributed by atoms with Crippen molar-refractivity contribution >= 4 is 17.4 Å². The highest BCUT2D eigenvalue weighted by atomic mass is 16.5. The Hall–Kier alpha value is -2.73. The molecule has 0 spiro atoms. The lowest BCUT2D eigenvalue weighted by atomic mass is 10.2. The van der Waals surface area contributed by atoms with Gasteiger partial charge in [0, 0.05) is 30.6 Å². The molecule has 2 rings (SSSR count). The standard InChI is InChI=1S/C20H27N3O3/c1-3-4-5-12-22-20(24)23-17-8-11-19(15(13-17)14-25-2)26-18-9-6-16(21)7-10-18/h6-11,13H,3-5,12,14,21H2,1-2H3,(H2,22,23,24). The third-order valence-electron chi connectivity index (χ3n) is 3.79. The lowest BCUT2D eigenvalue weighted by Gasteiger charge is -2.14. The number of nitrogen functional groups attached to an aromatic ring is 1. The number of rotatable bonds is 9. The zero-order chi connectivity index (χ0) is 18.8. The van der Waals surface area contributed by atoms with E-state index < -0.39 is 0 Å². The second-order valence-corrected chi connectivity index (χ2v) is 6.01. The maximum atomic E-state index is 12.0. The molecule has 0 fully saturated rings. The average molecular weight is 357 g/mol. The van der Waals surface area contributed by atoms with Gasteiger partial charge in [-0.3, -0.25) is 0 Å². The van der Waals surface area contributed by atoms with Crippen molar-refractivity contribution < 1.29 is 14.3 Å². The molecular weight excluding hydrogens is 330 g/mol. The molecule has 0 saturated heterocycles. The van der Waals surface area contributed by atoms with Crippen LogP contribution in [0.4, 0.5) is 16.2 Å². The molecule has 0 atom stereocenters. The third-order valence-corrected chi connectivity index (χ3v) is 3.79. The van der Waals surface area contributed by atoms with Crippen LogP contribution in [0.2, 0.25) is 0 Å². The molecule has 2 amide bonds. The van der Waals surface area contributed by atoms with E-state index in [0.29, 0.717) is 36.0 Å². The molecule has 0 bridgehead atoms. The highest BCUT2D eigenvalue weighted by Gasteiger charge is 2.09. The number of hydrogen-bond acceptors (Lipinski definition) is 4. The number of anilines is 2. The molecule has 26 heavy (non-hydrogen) atoms. The Morgan fingerprint density at radius 2 is 1.88 bits per heavy atom. The van der Waals surface area contributed by atoms with E-state index in [1.165, 1.54) is 0 Å². The van der Waals surface area contributed by atoms with Crippen LogP contribution in [0.5, 0.6) is 11.5 Å². The van der Waals surface area contributed by atoms with E-state index in [1.54, 1.807) is 25.3 Å². The minimum absolute atomic E-state index is 0.211. The second-order valence-electron chi connectivity index (χ2n) is 6.01. The molecule has 2 aromatic carbocycles. The predicted molar refractivity (Wildman–Crippen MR) is 105 cm³/mol. The molecule has 4 N–H and O–H groups in total. The molecule has 0 aromatic heterocycles. The Morgan fingerprint density at radius 3 is 2.58 bits per heavy atom. The second kappa shape index (κ2) is 10.3. The van der Waals surface area contributed by atoms with Crippen LogP contribution < -0.4 is 21.1 Å². The largest absolute Gasteiger partial charge is 0.457 e. The number of nitrogens with one attached hydrogen (secondary N) is 2. The Morgan fingerprint density at radius 1 is 1.12 bits per heavy atom. The molecule has 140 valence electrons. The maximum absolute atomic E-state index is 12.0. The first-order chi connectivity index (χ1) is 12.6. The minimum Gasteiger partial charge on any atom is -0.457 e. The van der Waals surface area contributed by atoms with E-state index in [9.17, 15) is 4.79 Å². The summed E-state index contributed by atoms with van der Waals surface area (Å²) >= 11 is 0. The molecule has 6 nitrogen and oxygen atoms in total. The first-order valence-corrected chi connectivity index (χ1v) is 8.82. The number of unbranched alkanes of at least 4 members (excludes halogenated alkanes) is 2. The number of urea groups is 1. The minimum atomic E-state index is -0.211. The van der Waals surface area contributed by atoms with Gasteiger partial charge in [-0.2, -0.15) is 0 Å². The van der Waals surface area contributed by atoms with Crippen LogP contribution in [0, 0.1) is 0 Å². The molecule has 0 saturated carbocycles. The van der Waals surface area contributed by atoms with E-state index in [0.717, 1.165) is 24.8 Å². The summed E-state index contributed by atoms with van der Waals surface area (Å²) in [5.41, 5.74) is 7.90. The van der Waals surface area contributed by atoms with Gasteiger partial charge in [0.05, 0.1) is 6.61 Å². The molecule has 2 aromatic rings. The number of carbonyl (C=O) groups excluding carboxylic acids is 1. The van der Waals surface area contributed by atoms with Crippen molar-refractivity contribution in [1.82, 2.24) is 5.32 Å². The maximum Gasteiger partial charge on any atom is 0.319 e. The van der Waals surface area contributed by atoms with Crippen LogP contribution in [-0.2, 0) is 11.3 Å². The van der Waals surface area contributed by atoms with Crippen molar-refractivity contribution in [2.75, 3.05) is 24.7 Å². The van der Waals surface area contributed by atoms with Crippen LogP contribution >= 0.6 is 0 Å². The van der Waals surface area contributed by atoms with Gasteiger partial charge in [-0.1, -0.05) is 19.8 Å². The van der Waals surface area contributed by atoms with Gasteiger partial charge in [0.1, 0.15) is 11.5 Å². The fourth-order valence-corrected chi connectivity index (χ4v) is 2.44. The fraction of sp³-hybridized carbons (Fsp3) is 0.350. The predicted octanol–water partition coefficient (Wildman–Crippen LogP) is 4.52. The van der Waals surface area contributed by atoms with E-state index in [2.05, 4.69) is 17.6 Å². The van der Waals surface area contributed by atoms with Crippen molar-refractivity contribution in [3.05, 3.63) is 48.0 Å². The van der Waals surface area contributed by atoms with Crippen LogP contribution in [0.25, 0.3) is 0 Å². The van der Waals surface area contributed by atoms with Gasteiger partial charge in [-0.25, -0.2) is 4.79 Å². The molecule has 0 aliphatic rings. The summed E-state index contributed by atoms with van der Waals surface area (Å²) in [6.45, 7) is 3.17. The number of carbonyl (C=O) groups is 1. The van der Waals surface area contributed by atoms with Crippen LogP contribution in [0.1, 0.15) is 31.7 Å². The molecule has 0 radical (unpaired) electrons. The summed E-state index contributed by atoms with van der Waals surface area (Å²) in [6, 6.07) is 12.4. The number of methoxy groups -OCH3 is 1. The van der Waals surface area contributed by atoms with Gasteiger partial charge in [0.25, 0.3) is 0 Å². The summed E-state index contributed by atoms with van der Waals surface area (Å²) < 4.78 is 11.2. The molecular formula is C20H27N3O3. The zero-order valence-electron chi connectivity index (χ0n) is 15.4. The fourth-order valence-electron chi connectivity index (χ4n) is 2.44. The van der Waals surface area contributed by atoms with Gasteiger partial charge in [-0.05, 0) is 48.9 Å². The first-order valence-electron chi connectivity index (χ1n) is 8.82. The van der Waals surface area contributed by atoms with Crippen molar-refractivity contribution in [1.29, 1.82) is 0 Å². The van der Waals surface area contributed by atoms with Gasteiger partial charge < -0.3 is 25.8 Å². The summed E-state index contributed by atoms with van der Waals surface area (Å²) in [7, 11) is 1.62. The lowest BCUT2D eigenvalue weighted by Crippen LogP contribution is -2.29. The SMILES string of the molecule is CCCCCNC(=O)Nc1ccc(Oc2ccc(N)cc2)c(COC)c1. The summed E-state index contributed by atoms with van der Waals surface area (Å²) in [6.07, 6.45) is 3.21. The van der Waals surface area contributed by atoms with Crippen molar-refractivity contribution in [2.45, 2.75) is 32.8 Å². The number of nitrogens with two attached hydrogens (primary N) is 1. The van der Waals surface area contributed by atoms with Gasteiger partial charge in [-0.15, -0.1) is 0 Å². The Kier molecular flexibility index (Phi) is 7.76. The topological polar surface area (TPSA) is 85.6 Å².